The van der Waals surface area contributed by atoms with Gasteiger partial charge in [-0.25, -0.2) is 0 Å². The van der Waals surface area contributed by atoms with Gasteiger partial charge in [0.2, 0.25) is 0 Å². The fourth-order valence-corrected chi connectivity index (χ4v) is 2.46. The van der Waals surface area contributed by atoms with Crippen LogP contribution in [0.25, 0.3) is 10.9 Å². The van der Waals surface area contributed by atoms with Gasteiger partial charge in [0.25, 0.3) is 5.91 Å². The van der Waals surface area contributed by atoms with E-state index < -0.39 is 0 Å². The predicted octanol–water partition coefficient (Wildman–Crippen LogP) is 1.83. The average Bonchev–Trinajstić information content (AvgIpc) is 2.47. The van der Waals surface area contributed by atoms with Crippen LogP contribution in [0.4, 0.5) is 0 Å². The molecule has 2 heterocycles. The third-order valence-electron chi connectivity index (χ3n) is 3.60. The standard InChI is InChI=1S/C15H16N2O2/c18-13-5-8-17(9-6-13)15(19)12-3-4-14-11(10-12)2-1-7-16-14/h1-4,7,10,13,18H,5-6,8-9H2. The number of carbonyl (C=O) groups is 1. The van der Waals surface area contributed by atoms with Gasteiger partial charge in [0.05, 0.1) is 11.6 Å². The molecule has 0 atom stereocenters. The number of likely N-dealkylation sites (tertiary alicyclic amines) is 1. The second kappa shape index (κ2) is 4.97. The fourth-order valence-electron chi connectivity index (χ4n) is 2.46. The van der Waals surface area contributed by atoms with Crippen LogP contribution in [0.2, 0.25) is 0 Å². The molecule has 19 heavy (non-hydrogen) atoms. The predicted molar refractivity (Wildman–Crippen MR) is 72.9 cm³/mol. The monoisotopic (exact) mass is 256 g/mol. The molecule has 0 aliphatic carbocycles. The van der Waals surface area contributed by atoms with Crippen LogP contribution >= 0.6 is 0 Å². The molecule has 3 rings (SSSR count). The van der Waals surface area contributed by atoms with Gasteiger partial charge < -0.3 is 10.0 Å². The summed E-state index contributed by atoms with van der Waals surface area (Å²) in [6.45, 7) is 1.26. The Kier molecular flexibility index (Phi) is 3.17. The number of carbonyl (C=O) groups excluding carboxylic acids is 1. The number of benzene rings is 1. The van der Waals surface area contributed by atoms with Crippen molar-refractivity contribution in [3.8, 4) is 0 Å². The van der Waals surface area contributed by atoms with Gasteiger partial charge in [-0.3, -0.25) is 9.78 Å². The Morgan fingerprint density at radius 1 is 1.26 bits per heavy atom. The van der Waals surface area contributed by atoms with Crippen LogP contribution in [-0.4, -0.2) is 40.1 Å². The van der Waals surface area contributed by atoms with E-state index in [1.54, 1.807) is 6.20 Å². The third kappa shape index (κ3) is 2.44. The molecule has 1 aromatic heterocycles. The van der Waals surface area contributed by atoms with E-state index in [1.165, 1.54) is 0 Å². The van der Waals surface area contributed by atoms with E-state index in [0.29, 0.717) is 31.5 Å². The maximum atomic E-state index is 12.4. The van der Waals surface area contributed by atoms with E-state index in [1.807, 2.05) is 35.2 Å². The molecule has 1 fully saturated rings. The lowest BCUT2D eigenvalue weighted by Crippen LogP contribution is -2.40. The van der Waals surface area contributed by atoms with Crippen molar-refractivity contribution in [2.24, 2.45) is 0 Å². The Hall–Kier alpha value is -1.94. The average molecular weight is 256 g/mol. The highest BCUT2D eigenvalue weighted by Gasteiger charge is 2.22. The zero-order chi connectivity index (χ0) is 13.2. The largest absolute Gasteiger partial charge is 0.393 e. The molecule has 1 amide bonds. The maximum absolute atomic E-state index is 12.4. The molecule has 1 aromatic carbocycles. The van der Waals surface area contributed by atoms with E-state index >= 15 is 0 Å². The first-order valence-corrected chi connectivity index (χ1v) is 6.56. The quantitative estimate of drug-likeness (QED) is 0.847. The van der Waals surface area contributed by atoms with Crippen molar-refractivity contribution in [2.45, 2.75) is 18.9 Å². The topological polar surface area (TPSA) is 53.4 Å². The molecule has 1 saturated heterocycles. The molecular weight excluding hydrogens is 240 g/mol. The summed E-state index contributed by atoms with van der Waals surface area (Å²) in [4.78, 5) is 18.4. The highest BCUT2D eigenvalue weighted by Crippen LogP contribution is 2.17. The molecule has 2 aromatic rings. The number of pyridine rings is 1. The summed E-state index contributed by atoms with van der Waals surface area (Å²) >= 11 is 0. The Labute approximate surface area is 111 Å². The highest BCUT2D eigenvalue weighted by molar-refractivity contribution is 5.97. The zero-order valence-electron chi connectivity index (χ0n) is 10.6. The van der Waals surface area contributed by atoms with E-state index in [0.717, 1.165) is 10.9 Å². The maximum Gasteiger partial charge on any atom is 0.253 e. The molecule has 1 N–H and O–H groups in total. The SMILES string of the molecule is O=C(c1ccc2ncccc2c1)N1CCC(O)CC1. The van der Waals surface area contributed by atoms with Crippen molar-refractivity contribution in [1.82, 2.24) is 9.88 Å². The van der Waals surface area contributed by atoms with Crippen molar-refractivity contribution >= 4 is 16.8 Å². The van der Waals surface area contributed by atoms with E-state index in [-0.39, 0.29) is 12.0 Å². The normalized spacial score (nSPS) is 16.8. The van der Waals surface area contributed by atoms with Crippen molar-refractivity contribution < 1.29 is 9.90 Å². The van der Waals surface area contributed by atoms with Gasteiger partial charge in [-0.05, 0) is 37.1 Å². The molecule has 1 aliphatic heterocycles. The number of amides is 1. The minimum atomic E-state index is -0.259. The molecule has 4 nitrogen and oxygen atoms in total. The molecule has 4 heteroatoms. The first-order chi connectivity index (χ1) is 9.24. The summed E-state index contributed by atoms with van der Waals surface area (Å²) in [5.41, 5.74) is 1.59. The number of aromatic nitrogens is 1. The first kappa shape index (κ1) is 12.1. The van der Waals surface area contributed by atoms with Crippen LogP contribution in [0, 0.1) is 0 Å². The smallest absolute Gasteiger partial charge is 0.253 e. The van der Waals surface area contributed by atoms with Gasteiger partial charge in [0.15, 0.2) is 0 Å². The van der Waals surface area contributed by atoms with Crippen LogP contribution in [0.3, 0.4) is 0 Å². The second-order valence-electron chi connectivity index (χ2n) is 4.93. The fraction of sp³-hybridized carbons (Fsp3) is 0.333. The Balaban J connectivity index is 1.85. The number of piperidine rings is 1. The Bertz CT molecular complexity index is 604. The van der Waals surface area contributed by atoms with Crippen molar-refractivity contribution in [3.63, 3.8) is 0 Å². The van der Waals surface area contributed by atoms with Crippen LogP contribution in [0.5, 0.6) is 0 Å². The van der Waals surface area contributed by atoms with Crippen molar-refractivity contribution in [1.29, 1.82) is 0 Å². The van der Waals surface area contributed by atoms with Crippen LogP contribution < -0.4 is 0 Å². The molecule has 0 spiro atoms. The van der Waals surface area contributed by atoms with Crippen LogP contribution in [-0.2, 0) is 0 Å². The van der Waals surface area contributed by atoms with Gasteiger partial charge in [-0.2, -0.15) is 0 Å². The lowest BCUT2D eigenvalue weighted by atomic mass is 10.1. The number of fused-ring (bicyclic) bond motifs is 1. The number of aliphatic hydroxyl groups is 1. The lowest BCUT2D eigenvalue weighted by Gasteiger charge is -2.29. The summed E-state index contributed by atoms with van der Waals surface area (Å²) in [7, 11) is 0. The molecule has 0 bridgehead atoms. The summed E-state index contributed by atoms with van der Waals surface area (Å²) in [5.74, 6) is 0.0395. The number of rotatable bonds is 1. The van der Waals surface area contributed by atoms with Gasteiger partial charge in [0, 0.05) is 30.2 Å². The summed E-state index contributed by atoms with van der Waals surface area (Å²) < 4.78 is 0. The molecule has 0 unspecified atom stereocenters. The van der Waals surface area contributed by atoms with Crippen LogP contribution in [0.1, 0.15) is 23.2 Å². The molecular formula is C15H16N2O2. The van der Waals surface area contributed by atoms with E-state index in [9.17, 15) is 9.90 Å². The summed E-state index contributed by atoms with van der Waals surface area (Å²) in [6.07, 6.45) is 2.82. The number of nitrogens with zero attached hydrogens (tertiary/aromatic N) is 2. The summed E-state index contributed by atoms with van der Waals surface area (Å²) in [5, 5.41) is 10.5. The highest BCUT2D eigenvalue weighted by atomic mass is 16.3. The van der Waals surface area contributed by atoms with Gasteiger partial charge in [-0.1, -0.05) is 6.07 Å². The van der Waals surface area contributed by atoms with Gasteiger partial charge >= 0.3 is 0 Å². The second-order valence-corrected chi connectivity index (χ2v) is 4.93. The Morgan fingerprint density at radius 2 is 2.05 bits per heavy atom. The molecule has 98 valence electrons. The Morgan fingerprint density at radius 3 is 2.84 bits per heavy atom. The minimum Gasteiger partial charge on any atom is -0.393 e. The van der Waals surface area contributed by atoms with Crippen LogP contribution in [0.15, 0.2) is 36.5 Å². The first-order valence-electron chi connectivity index (χ1n) is 6.56. The third-order valence-corrected chi connectivity index (χ3v) is 3.60. The van der Waals surface area contributed by atoms with Crippen molar-refractivity contribution in [2.75, 3.05) is 13.1 Å². The molecule has 0 radical (unpaired) electrons. The van der Waals surface area contributed by atoms with E-state index in [2.05, 4.69) is 4.98 Å². The molecule has 1 aliphatic rings. The summed E-state index contributed by atoms with van der Waals surface area (Å²) in [6, 6.07) is 9.41. The van der Waals surface area contributed by atoms with E-state index in [4.69, 9.17) is 0 Å². The molecule has 0 saturated carbocycles. The lowest BCUT2D eigenvalue weighted by molar-refractivity contribution is 0.0546. The number of hydrogen-bond acceptors (Lipinski definition) is 3. The van der Waals surface area contributed by atoms with Gasteiger partial charge in [0.1, 0.15) is 0 Å². The van der Waals surface area contributed by atoms with Gasteiger partial charge in [-0.15, -0.1) is 0 Å². The minimum absolute atomic E-state index is 0.0395. The zero-order valence-corrected chi connectivity index (χ0v) is 10.6. The number of hydrogen-bond donors (Lipinski definition) is 1. The number of aliphatic hydroxyl groups excluding tert-OH is 1. The van der Waals surface area contributed by atoms with Crippen molar-refractivity contribution in [3.05, 3.63) is 42.1 Å².